The summed E-state index contributed by atoms with van der Waals surface area (Å²) in [7, 11) is 0. The van der Waals surface area contributed by atoms with Gasteiger partial charge in [-0.1, -0.05) is 6.92 Å². The van der Waals surface area contributed by atoms with Crippen LogP contribution < -0.4 is 5.32 Å². The van der Waals surface area contributed by atoms with Crippen molar-refractivity contribution in [1.82, 2.24) is 20.5 Å². The molecule has 6 nitrogen and oxygen atoms in total. The van der Waals surface area contributed by atoms with Crippen molar-refractivity contribution in [2.24, 2.45) is 0 Å². The van der Waals surface area contributed by atoms with Crippen LogP contribution in [0.4, 0.5) is 0 Å². The molecule has 2 heterocycles. The van der Waals surface area contributed by atoms with Crippen molar-refractivity contribution in [1.29, 1.82) is 0 Å². The number of carbonyl (C=O) groups is 1. The summed E-state index contributed by atoms with van der Waals surface area (Å²) >= 11 is 0. The molecule has 0 aliphatic carbocycles. The number of carbonyl (C=O) groups excluding carboxylic acids is 1. The first-order valence-electron chi connectivity index (χ1n) is 5.79. The Hall–Kier alpha value is -2.24. The van der Waals surface area contributed by atoms with Crippen LogP contribution in [0.2, 0.25) is 0 Å². The van der Waals surface area contributed by atoms with Crippen molar-refractivity contribution in [3.05, 3.63) is 30.4 Å². The lowest BCUT2D eigenvalue weighted by molar-refractivity contribution is -0.120. The summed E-state index contributed by atoms with van der Waals surface area (Å²) in [5, 5.41) is 10.6. The minimum Gasteiger partial charge on any atom is -0.421 e. The van der Waals surface area contributed by atoms with Crippen molar-refractivity contribution in [3.63, 3.8) is 0 Å². The average molecular weight is 246 g/mol. The molecule has 18 heavy (non-hydrogen) atoms. The number of aromatic nitrogens is 3. The van der Waals surface area contributed by atoms with Gasteiger partial charge in [0.25, 0.3) is 0 Å². The first-order chi connectivity index (χ1) is 8.79. The summed E-state index contributed by atoms with van der Waals surface area (Å²) in [4.78, 5) is 15.0. The quantitative estimate of drug-likeness (QED) is 0.857. The van der Waals surface area contributed by atoms with E-state index >= 15 is 0 Å². The molecule has 0 unspecified atom stereocenters. The predicted octanol–water partition coefficient (Wildman–Crippen LogP) is 1.20. The van der Waals surface area contributed by atoms with E-state index in [0.717, 1.165) is 5.56 Å². The van der Waals surface area contributed by atoms with E-state index in [0.29, 0.717) is 31.2 Å². The molecule has 2 aromatic heterocycles. The van der Waals surface area contributed by atoms with E-state index in [2.05, 4.69) is 20.5 Å². The molecule has 94 valence electrons. The van der Waals surface area contributed by atoms with Gasteiger partial charge in [0.2, 0.25) is 17.7 Å². The number of hydrogen-bond acceptors (Lipinski definition) is 5. The number of pyridine rings is 1. The molecule has 0 bridgehead atoms. The number of nitrogens with zero attached hydrogens (tertiary/aromatic N) is 3. The van der Waals surface area contributed by atoms with Crippen molar-refractivity contribution < 1.29 is 9.21 Å². The fourth-order valence-electron chi connectivity index (χ4n) is 1.40. The largest absolute Gasteiger partial charge is 0.421 e. The Morgan fingerprint density at radius 3 is 2.83 bits per heavy atom. The normalized spacial score (nSPS) is 10.3. The zero-order valence-corrected chi connectivity index (χ0v) is 10.1. The second kappa shape index (κ2) is 5.90. The van der Waals surface area contributed by atoms with Crippen molar-refractivity contribution in [3.8, 4) is 11.5 Å². The molecule has 0 aliphatic heterocycles. The topological polar surface area (TPSA) is 80.9 Å². The van der Waals surface area contributed by atoms with Crippen molar-refractivity contribution >= 4 is 5.91 Å². The van der Waals surface area contributed by atoms with E-state index < -0.39 is 0 Å². The number of nitrogens with one attached hydrogen (secondary N) is 1. The zero-order valence-electron chi connectivity index (χ0n) is 10.1. The van der Waals surface area contributed by atoms with Crippen LogP contribution in [0.25, 0.3) is 11.5 Å². The monoisotopic (exact) mass is 246 g/mol. The Morgan fingerprint density at radius 1 is 1.33 bits per heavy atom. The SMILES string of the molecule is CCC(=O)NCCc1nnc(-c2ccncc2)o1. The van der Waals surface area contributed by atoms with Gasteiger partial charge in [-0.25, -0.2) is 0 Å². The van der Waals surface area contributed by atoms with Crippen LogP contribution in [0.3, 0.4) is 0 Å². The Bertz CT molecular complexity index is 510. The average Bonchev–Trinajstić information content (AvgIpc) is 2.88. The van der Waals surface area contributed by atoms with Gasteiger partial charge < -0.3 is 9.73 Å². The Morgan fingerprint density at radius 2 is 2.11 bits per heavy atom. The number of rotatable bonds is 5. The highest BCUT2D eigenvalue weighted by molar-refractivity contribution is 5.75. The number of hydrogen-bond donors (Lipinski definition) is 1. The fraction of sp³-hybridized carbons (Fsp3) is 0.333. The van der Waals surface area contributed by atoms with E-state index in [-0.39, 0.29) is 5.91 Å². The van der Waals surface area contributed by atoms with Gasteiger partial charge in [0.1, 0.15) is 0 Å². The van der Waals surface area contributed by atoms with E-state index in [1.54, 1.807) is 24.5 Å². The molecule has 0 fully saturated rings. The predicted molar refractivity (Wildman–Crippen MR) is 64.5 cm³/mol. The Kier molecular flexibility index (Phi) is 4.01. The van der Waals surface area contributed by atoms with E-state index in [4.69, 9.17) is 4.42 Å². The maximum Gasteiger partial charge on any atom is 0.247 e. The second-order valence-electron chi connectivity index (χ2n) is 3.69. The van der Waals surface area contributed by atoms with Gasteiger partial charge in [-0.2, -0.15) is 0 Å². The molecular weight excluding hydrogens is 232 g/mol. The van der Waals surface area contributed by atoms with Crippen molar-refractivity contribution in [2.75, 3.05) is 6.54 Å². The maximum atomic E-state index is 11.0. The Balaban J connectivity index is 1.93. The van der Waals surface area contributed by atoms with Gasteiger partial charge in [0.05, 0.1) is 0 Å². The highest BCUT2D eigenvalue weighted by atomic mass is 16.4. The lowest BCUT2D eigenvalue weighted by Gasteiger charge is -1.99. The van der Waals surface area contributed by atoms with Crippen LogP contribution in [0.1, 0.15) is 19.2 Å². The fourth-order valence-corrected chi connectivity index (χ4v) is 1.40. The molecule has 0 saturated carbocycles. The third-order valence-electron chi connectivity index (χ3n) is 2.38. The minimum atomic E-state index is 0.0175. The van der Waals surface area contributed by atoms with Gasteiger partial charge in [0, 0.05) is 37.3 Å². The molecule has 1 N–H and O–H groups in total. The minimum absolute atomic E-state index is 0.0175. The van der Waals surface area contributed by atoms with Crippen LogP contribution >= 0.6 is 0 Å². The molecular formula is C12H14N4O2. The van der Waals surface area contributed by atoms with Gasteiger partial charge in [0.15, 0.2) is 0 Å². The molecule has 2 rings (SSSR count). The third-order valence-corrected chi connectivity index (χ3v) is 2.38. The highest BCUT2D eigenvalue weighted by Crippen LogP contribution is 2.16. The molecule has 2 aromatic rings. The summed E-state index contributed by atoms with van der Waals surface area (Å²) in [6.45, 7) is 2.31. The van der Waals surface area contributed by atoms with Gasteiger partial charge in [-0.05, 0) is 12.1 Å². The molecule has 1 amide bonds. The zero-order chi connectivity index (χ0) is 12.8. The van der Waals surface area contributed by atoms with Crippen LogP contribution in [-0.2, 0) is 11.2 Å². The highest BCUT2D eigenvalue weighted by Gasteiger charge is 2.08. The van der Waals surface area contributed by atoms with Crippen LogP contribution in [-0.4, -0.2) is 27.6 Å². The van der Waals surface area contributed by atoms with E-state index in [1.807, 2.05) is 6.92 Å². The first-order valence-corrected chi connectivity index (χ1v) is 5.79. The van der Waals surface area contributed by atoms with Gasteiger partial charge in [-0.15, -0.1) is 10.2 Å². The lowest BCUT2D eigenvalue weighted by atomic mass is 10.3. The van der Waals surface area contributed by atoms with Crippen molar-refractivity contribution in [2.45, 2.75) is 19.8 Å². The Labute approximate surface area is 104 Å². The molecule has 0 atom stereocenters. The first kappa shape index (κ1) is 12.2. The van der Waals surface area contributed by atoms with Crippen LogP contribution in [0.5, 0.6) is 0 Å². The maximum absolute atomic E-state index is 11.0. The van der Waals surface area contributed by atoms with E-state index in [9.17, 15) is 4.79 Å². The number of amides is 1. The van der Waals surface area contributed by atoms with Crippen LogP contribution in [0.15, 0.2) is 28.9 Å². The summed E-state index contributed by atoms with van der Waals surface area (Å²) in [5.41, 5.74) is 0.835. The molecule has 0 aromatic carbocycles. The lowest BCUT2D eigenvalue weighted by Crippen LogP contribution is -2.24. The van der Waals surface area contributed by atoms with Gasteiger partial charge in [-0.3, -0.25) is 9.78 Å². The molecule has 0 aliphatic rings. The summed E-state index contributed by atoms with van der Waals surface area (Å²) < 4.78 is 5.48. The summed E-state index contributed by atoms with van der Waals surface area (Å²) in [5.74, 6) is 0.997. The van der Waals surface area contributed by atoms with Crippen LogP contribution in [0, 0.1) is 0 Å². The summed E-state index contributed by atoms with van der Waals surface area (Å²) in [6.07, 6.45) is 4.34. The standard InChI is InChI=1S/C12H14N4O2/c1-2-10(17)14-8-5-11-15-16-12(18-11)9-3-6-13-7-4-9/h3-4,6-7H,2,5,8H2,1H3,(H,14,17). The molecule has 6 heteroatoms. The molecule has 0 saturated heterocycles. The summed E-state index contributed by atoms with van der Waals surface area (Å²) in [6, 6.07) is 3.60. The molecule has 0 spiro atoms. The second-order valence-corrected chi connectivity index (χ2v) is 3.69. The van der Waals surface area contributed by atoms with Gasteiger partial charge >= 0.3 is 0 Å². The third kappa shape index (κ3) is 3.13. The van der Waals surface area contributed by atoms with E-state index in [1.165, 1.54) is 0 Å². The molecule has 0 radical (unpaired) electrons. The smallest absolute Gasteiger partial charge is 0.247 e.